The van der Waals surface area contributed by atoms with E-state index in [1.54, 1.807) is 0 Å². The highest BCUT2D eigenvalue weighted by Crippen LogP contribution is 2.39. The topological polar surface area (TPSA) is 65.4 Å². The Bertz CT molecular complexity index is 914. The lowest BCUT2D eigenvalue weighted by Gasteiger charge is -2.46. The molecule has 2 aliphatic heterocycles. The van der Waals surface area contributed by atoms with Gasteiger partial charge in [0, 0.05) is 39.2 Å². The minimum Gasteiger partial charge on any atom is -0.375 e. The van der Waals surface area contributed by atoms with Crippen LogP contribution in [0.5, 0.6) is 0 Å². The Morgan fingerprint density at radius 2 is 1.90 bits per heavy atom. The first-order valence-electron chi connectivity index (χ1n) is 11.3. The Hall–Kier alpha value is -2.68. The fraction of sp³-hybridized carbons (Fsp3) is 0.462. The van der Waals surface area contributed by atoms with Crippen LogP contribution in [-0.2, 0) is 22.6 Å². The van der Waals surface area contributed by atoms with Crippen molar-refractivity contribution in [3.8, 4) is 6.07 Å². The third-order valence-electron chi connectivity index (χ3n) is 6.63. The molecule has 5 heteroatoms. The van der Waals surface area contributed by atoms with E-state index in [0.29, 0.717) is 18.9 Å². The Labute approximate surface area is 185 Å². The summed E-state index contributed by atoms with van der Waals surface area (Å²) in [6, 6.07) is 20.1. The van der Waals surface area contributed by atoms with E-state index in [1.165, 1.54) is 5.56 Å². The molecule has 1 unspecified atom stereocenters. The number of ether oxygens (including phenoxy) is 1. The molecular weight excluding hydrogens is 386 g/mol. The number of amides is 1. The molecule has 1 spiro atoms. The highest BCUT2D eigenvalue weighted by Gasteiger charge is 2.40. The van der Waals surface area contributed by atoms with Gasteiger partial charge in [0.2, 0.25) is 5.91 Å². The maximum absolute atomic E-state index is 12.5. The lowest BCUT2D eigenvalue weighted by molar-refractivity contribution is -0.136. The molecule has 5 nitrogen and oxygen atoms in total. The van der Waals surface area contributed by atoms with Crippen molar-refractivity contribution in [2.24, 2.45) is 5.92 Å². The van der Waals surface area contributed by atoms with E-state index in [2.05, 4.69) is 22.4 Å². The van der Waals surface area contributed by atoms with Gasteiger partial charge >= 0.3 is 0 Å². The second-order valence-electron chi connectivity index (χ2n) is 8.95. The van der Waals surface area contributed by atoms with Gasteiger partial charge in [-0.05, 0) is 54.9 Å². The molecule has 1 N–H and O–H groups in total. The summed E-state index contributed by atoms with van der Waals surface area (Å²) in [6.45, 7) is 4.20. The molecule has 2 saturated heterocycles. The predicted molar refractivity (Wildman–Crippen MR) is 120 cm³/mol. The normalized spacial score (nSPS) is 20.8. The average molecular weight is 418 g/mol. The summed E-state index contributed by atoms with van der Waals surface area (Å²) in [5, 5.41) is 12.2. The van der Waals surface area contributed by atoms with Crippen LogP contribution in [0, 0.1) is 17.2 Å². The molecule has 2 heterocycles. The minimum absolute atomic E-state index is 0.0758. The average Bonchev–Trinajstić information content (AvgIpc) is 2.80. The molecule has 0 aliphatic carbocycles. The van der Waals surface area contributed by atoms with Crippen LogP contribution in [0.4, 0.5) is 0 Å². The zero-order valence-corrected chi connectivity index (χ0v) is 18.1. The van der Waals surface area contributed by atoms with Crippen molar-refractivity contribution < 1.29 is 9.53 Å². The Kier molecular flexibility index (Phi) is 7.01. The van der Waals surface area contributed by atoms with Gasteiger partial charge in [-0.1, -0.05) is 42.5 Å². The summed E-state index contributed by atoms with van der Waals surface area (Å²) in [5.74, 6) is 0.532. The maximum Gasteiger partial charge on any atom is 0.220 e. The lowest BCUT2D eigenvalue weighted by Crippen LogP contribution is -2.49. The third kappa shape index (κ3) is 5.94. The number of carbonyl (C=O) groups excluding carboxylic acids is 1. The van der Waals surface area contributed by atoms with Crippen molar-refractivity contribution in [2.75, 3.05) is 19.7 Å². The number of nitrogens with one attached hydrogen (secondary N) is 1. The molecule has 0 radical (unpaired) electrons. The van der Waals surface area contributed by atoms with Gasteiger partial charge in [0.1, 0.15) is 0 Å². The fourth-order valence-corrected chi connectivity index (χ4v) is 4.90. The SMILES string of the molecule is N#Cc1cccc(CN2CCC3(CC2)CC(CC(=O)NCc2ccccc2)CCO3)c1. The Balaban J connectivity index is 1.24. The van der Waals surface area contributed by atoms with Crippen molar-refractivity contribution in [1.82, 2.24) is 10.2 Å². The highest BCUT2D eigenvalue weighted by atomic mass is 16.5. The van der Waals surface area contributed by atoms with Crippen molar-refractivity contribution in [3.05, 3.63) is 71.3 Å². The quantitative estimate of drug-likeness (QED) is 0.771. The molecule has 4 rings (SSSR count). The first-order chi connectivity index (χ1) is 15.1. The molecule has 31 heavy (non-hydrogen) atoms. The van der Waals surface area contributed by atoms with E-state index >= 15 is 0 Å². The standard InChI is InChI=1S/C26H31N3O2/c27-18-23-7-4-8-24(15-23)20-29-12-10-26(11-13-29)17-22(9-14-31-26)16-25(30)28-19-21-5-2-1-3-6-21/h1-8,15,22H,9-14,16-17,19-20H2,(H,28,30). The fourth-order valence-electron chi connectivity index (χ4n) is 4.90. The van der Waals surface area contributed by atoms with E-state index in [4.69, 9.17) is 10.00 Å². The molecule has 1 amide bonds. The molecule has 162 valence electrons. The largest absolute Gasteiger partial charge is 0.375 e. The van der Waals surface area contributed by atoms with Crippen molar-refractivity contribution in [2.45, 2.75) is 50.8 Å². The van der Waals surface area contributed by atoms with Crippen LogP contribution < -0.4 is 5.32 Å². The summed E-state index contributed by atoms with van der Waals surface area (Å²) >= 11 is 0. The van der Waals surface area contributed by atoms with Crippen LogP contribution in [-0.4, -0.2) is 36.1 Å². The summed E-state index contributed by atoms with van der Waals surface area (Å²) in [5.41, 5.74) is 2.96. The molecule has 0 aromatic heterocycles. The number of piperidine rings is 1. The molecule has 2 fully saturated rings. The number of carbonyl (C=O) groups is 1. The number of likely N-dealkylation sites (tertiary alicyclic amines) is 1. The first kappa shape index (κ1) is 21.5. The highest BCUT2D eigenvalue weighted by molar-refractivity contribution is 5.76. The second-order valence-corrected chi connectivity index (χ2v) is 8.95. The van der Waals surface area contributed by atoms with Crippen LogP contribution in [0.3, 0.4) is 0 Å². The zero-order chi connectivity index (χ0) is 21.5. The van der Waals surface area contributed by atoms with E-state index in [9.17, 15) is 4.79 Å². The van der Waals surface area contributed by atoms with Crippen LogP contribution in [0.1, 0.15) is 48.8 Å². The number of rotatable bonds is 6. The van der Waals surface area contributed by atoms with E-state index in [1.807, 2.05) is 48.5 Å². The number of nitrogens with zero attached hydrogens (tertiary/aromatic N) is 2. The number of benzene rings is 2. The monoisotopic (exact) mass is 417 g/mol. The number of nitriles is 1. The van der Waals surface area contributed by atoms with Gasteiger partial charge < -0.3 is 10.1 Å². The zero-order valence-electron chi connectivity index (χ0n) is 18.1. The van der Waals surface area contributed by atoms with Crippen molar-refractivity contribution >= 4 is 5.91 Å². The number of hydrogen-bond donors (Lipinski definition) is 1. The Morgan fingerprint density at radius 3 is 2.68 bits per heavy atom. The van der Waals surface area contributed by atoms with Crippen LogP contribution in [0.25, 0.3) is 0 Å². The summed E-state index contributed by atoms with van der Waals surface area (Å²) < 4.78 is 6.28. The smallest absolute Gasteiger partial charge is 0.220 e. The molecule has 0 saturated carbocycles. The summed E-state index contributed by atoms with van der Waals surface area (Å²) in [4.78, 5) is 14.9. The second kappa shape index (κ2) is 10.1. The molecule has 2 aliphatic rings. The minimum atomic E-state index is -0.0758. The molecule has 2 aromatic carbocycles. The first-order valence-corrected chi connectivity index (χ1v) is 11.3. The van der Waals surface area contributed by atoms with Crippen LogP contribution >= 0.6 is 0 Å². The number of hydrogen-bond acceptors (Lipinski definition) is 4. The molecular formula is C26H31N3O2. The summed E-state index contributed by atoms with van der Waals surface area (Å²) in [7, 11) is 0. The summed E-state index contributed by atoms with van der Waals surface area (Å²) in [6.07, 6.45) is 4.54. The third-order valence-corrected chi connectivity index (χ3v) is 6.63. The maximum atomic E-state index is 12.5. The van der Waals surface area contributed by atoms with Gasteiger partial charge in [-0.3, -0.25) is 9.69 Å². The molecule has 1 atom stereocenters. The van der Waals surface area contributed by atoms with Gasteiger partial charge in [0.15, 0.2) is 0 Å². The predicted octanol–water partition coefficient (Wildman–Crippen LogP) is 4.03. The van der Waals surface area contributed by atoms with Crippen molar-refractivity contribution in [1.29, 1.82) is 5.26 Å². The van der Waals surface area contributed by atoms with E-state index in [-0.39, 0.29) is 11.5 Å². The van der Waals surface area contributed by atoms with Gasteiger partial charge in [-0.2, -0.15) is 5.26 Å². The van der Waals surface area contributed by atoms with Crippen LogP contribution in [0.15, 0.2) is 54.6 Å². The molecule has 0 bridgehead atoms. The van der Waals surface area contributed by atoms with Gasteiger partial charge in [0.05, 0.1) is 17.2 Å². The van der Waals surface area contributed by atoms with Crippen molar-refractivity contribution in [3.63, 3.8) is 0 Å². The van der Waals surface area contributed by atoms with Gasteiger partial charge in [0.25, 0.3) is 0 Å². The van der Waals surface area contributed by atoms with Gasteiger partial charge in [-0.25, -0.2) is 0 Å². The van der Waals surface area contributed by atoms with E-state index in [0.717, 1.165) is 63.1 Å². The van der Waals surface area contributed by atoms with Gasteiger partial charge in [-0.15, -0.1) is 0 Å². The Morgan fingerprint density at radius 1 is 1.13 bits per heavy atom. The lowest BCUT2D eigenvalue weighted by atomic mass is 9.78. The molecule has 2 aromatic rings. The van der Waals surface area contributed by atoms with E-state index < -0.39 is 0 Å². The van der Waals surface area contributed by atoms with Crippen LogP contribution in [0.2, 0.25) is 0 Å².